The molecule has 0 fully saturated rings. The average molecular weight is 418 g/mol. The second-order valence-electron chi connectivity index (χ2n) is 5.86. The Morgan fingerprint density at radius 3 is 2.14 bits per heavy atom. The number of nitrogens with zero attached hydrogens (tertiary/aromatic N) is 2. The molecule has 2 aromatic carbocycles. The van der Waals surface area contributed by atoms with E-state index < -0.39 is 41.7 Å². The molecule has 0 saturated carbocycles. The number of benzene rings is 2. The number of alkyl halides is 6. The Labute approximate surface area is 159 Å². The molecule has 0 amide bonds. The Balaban J connectivity index is 2.19. The highest BCUT2D eigenvalue weighted by atomic mass is 19.4. The van der Waals surface area contributed by atoms with Gasteiger partial charge in [0.2, 0.25) is 5.88 Å². The molecule has 0 atom stereocenters. The molecule has 1 heterocycles. The minimum Gasteiger partial charge on any atom is -0.466 e. The number of hydrogen-bond donors (Lipinski definition) is 0. The lowest BCUT2D eigenvalue weighted by Gasteiger charge is -2.14. The third-order valence-electron chi connectivity index (χ3n) is 3.92. The van der Waals surface area contributed by atoms with Gasteiger partial charge in [0.15, 0.2) is 6.61 Å². The molecule has 0 saturated heterocycles. The maximum atomic E-state index is 13.1. The Morgan fingerprint density at radius 1 is 1.00 bits per heavy atom. The molecule has 0 aliphatic heterocycles. The van der Waals surface area contributed by atoms with Crippen LogP contribution in [0.15, 0.2) is 42.5 Å². The standard InChI is InChI=1S/C18H12F6N2O3/c1-28-15(27)9-29-16-13-4-2-3-5-14(13)26(25-16)12-7-10(17(19,20)21)6-11(8-12)18(22,23)24/h2-8H,9H2,1H3. The molecular formula is C18H12F6N2O3. The van der Waals surface area contributed by atoms with Gasteiger partial charge in [0, 0.05) is 0 Å². The predicted octanol–water partition coefficient (Wildman–Crippen LogP) is 4.61. The van der Waals surface area contributed by atoms with Gasteiger partial charge in [-0.3, -0.25) is 0 Å². The van der Waals surface area contributed by atoms with Crippen molar-refractivity contribution >= 4 is 16.9 Å². The molecule has 0 aliphatic rings. The number of fused-ring (bicyclic) bond motifs is 1. The molecular weight excluding hydrogens is 406 g/mol. The monoisotopic (exact) mass is 418 g/mol. The summed E-state index contributed by atoms with van der Waals surface area (Å²) in [6, 6.07) is 7.20. The van der Waals surface area contributed by atoms with Crippen molar-refractivity contribution in [1.29, 1.82) is 0 Å². The van der Waals surface area contributed by atoms with Crippen LogP contribution in [-0.4, -0.2) is 29.5 Å². The largest absolute Gasteiger partial charge is 0.466 e. The van der Waals surface area contributed by atoms with Crippen molar-refractivity contribution < 1.29 is 40.6 Å². The van der Waals surface area contributed by atoms with Crippen molar-refractivity contribution in [1.82, 2.24) is 9.78 Å². The lowest BCUT2D eigenvalue weighted by molar-refractivity contribution is -0.144. The molecule has 11 heteroatoms. The van der Waals surface area contributed by atoms with Crippen LogP contribution in [0, 0.1) is 0 Å². The van der Waals surface area contributed by atoms with Crippen LogP contribution >= 0.6 is 0 Å². The topological polar surface area (TPSA) is 53.4 Å². The van der Waals surface area contributed by atoms with Crippen molar-refractivity contribution in [2.24, 2.45) is 0 Å². The minimum atomic E-state index is -5.00. The van der Waals surface area contributed by atoms with Crippen LogP contribution in [0.2, 0.25) is 0 Å². The molecule has 154 valence electrons. The van der Waals surface area contributed by atoms with E-state index in [9.17, 15) is 31.1 Å². The van der Waals surface area contributed by atoms with Gasteiger partial charge < -0.3 is 9.47 Å². The highest BCUT2D eigenvalue weighted by Gasteiger charge is 2.37. The summed E-state index contributed by atoms with van der Waals surface area (Å²) in [5.41, 5.74) is -3.21. The first-order valence-electron chi connectivity index (χ1n) is 7.98. The molecule has 5 nitrogen and oxygen atoms in total. The fourth-order valence-electron chi connectivity index (χ4n) is 2.59. The fraction of sp³-hybridized carbons (Fsp3) is 0.222. The molecule has 0 N–H and O–H groups in total. The van der Waals surface area contributed by atoms with E-state index in [4.69, 9.17) is 4.74 Å². The van der Waals surface area contributed by atoms with Crippen molar-refractivity contribution in [3.8, 4) is 11.6 Å². The van der Waals surface area contributed by atoms with E-state index in [0.717, 1.165) is 11.8 Å². The Morgan fingerprint density at radius 2 is 1.59 bits per heavy atom. The number of hydrogen-bond acceptors (Lipinski definition) is 4. The number of aromatic nitrogens is 2. The van der Waals surface area contributed by atoms with Gasteiger partial charge in [0.05, 0.1) is 34.8 Å². The van der Waals surface area contributed by atoms with Crippen LogP contribution in [0.1, 0.15) is 11.1 Å². The highest BCUT2D eigenvalue weighted by Crippen LogP contribution is 2.38. The van der Waals surface area contributed by atoms with Crippen LogP contribution in [-0.2, 0) is 21.9 Å². The van der Waals surface area contributed by atoms with Crippen molar-refractivity contribution in [3.05, 3.63) is 53.6 Å². The average Bonchev–Trinajstić information content (AvgIpc) is 3.03. The minimum absolute atomic E-state index is 0.0316. The van der Waals surface area contributed by atoms with Crippen molar-refractivity contribution in [3.63, 3.8) is 0 Å². The maximum absolute atomic E-state index is 13.1. The fourth-order valence-corrected chi connectivity index (χ4v) is 2.59. The van der Waals surface area contributed by atoms with E-state index in [0.29, 0.717) is 17.5 Å². The second-order valence-corrected chi connectivity index (χ2v) is 5.86. The summed E-state index contributed by atoms with van der Waals surface area (Å²) >= 11 is 0. The normalized spacial score (nSPS) is 12.2. The van der Waals surface area contributed by atoms with Crippen molar-refractivity contribution in [2.45, 2.75) is 12.4 Å². The Hall–Kier alpha value is -3.24. The van der Waals surface area contributed by atoms with Crippen LogP contribution < -0.4 is 4.74 Å². The van der Waals surface area contributed by atoms with E-state index in [1.165, 1.54) is 18.2 Å². The smallest absolute Gasteiger partial charge is 0.416 e. The number of esters is 1. The number of para-hydroxylation sites is 1. The van der Waals surface area contributed by atoms with E-state index in [1.54, 1.807) is 6.07 Å². The van der Waals surface area contributed by atoms with Crippen molar-refractivity contribution in [2.75, 3.05) is 13.7 Å². The molecule has 1 aromatic heterocycles. The number of ether oxygens (including phenoxy) is 2. The Bertz CT molecular complexity index is 1020. The Kier molecular flexibility index (Phi) is 5.16. The van der Waals surface area contributed by atoms with Crippen LogP contribution in [0.4, 0.5) is 26.3 Å². The van der Waals surface area contributed by atoms with E-state index >= 15 is 0 Å². The predicted molar refractivity (Wildman–Crippen MR) is 88.6 cm³/mol. The number of carbonyl (C=O) groups is 1. The van der Waals surface area contributed by atoms with E-state index in [-0.39, 0.29) is 17.5 Å². The SMILES string of the molecule is COC(=O)COc1nn(-c2cc(C(F)(F)F)cc(C(F)(F)F)c2)c2ccccc12. The molecule has 3 aromatic rings. The van der Waals surface area contributed by atoms with E-state index in [1.807, 2.05) is 0 Å². The van der Waals surface area contributed by atoms with Crippen LogP contribution in [0.3, 0.4) is 0 Å². The number of carbonyl (C=O) groups excluding carboxylic acids is 1. The molecule has 0 aliphatic carbocycles. The lowest BCUT2D eigenvalue weighted by Crippen LogP contribution is -2.13. The zero-order chi connectivity index (χ0) is 21.4. The second kappa shape index (κ2) is 7.30. The summed E-state index contributed by atoms with van der Waals surface area (Å²) in [5.74, 6) is -0.876. The summed E-state index contributed by atoms with van der Waals surface area (Å²) in [5, 5.41) is 4.26. The maximum Gasteiger partial charge on any atom is 0.416 e. The summed E-state index contributed by atoms with van der Waals surface area (Å²) in [6.45, 7) is -0.534. The van der Waals surface area contributed by atoms with Gasteiger partial charge in [0.1, 0.15) is 0 Å². The number of methoxy groups -OCH3 is 1. The first kappa shape index (κ1) is 20.5. The molecule has 0 bridgehead atoms. The van der Waals surface area contributed by atoms with E-state index in [2.05, 4.69) is 9.84 Å². The van der Waals surface area contributed by atoms with Gasteiger partial charge in [-0.1, -0.05) is 12.1 Å². The van der Waals surface area contributed by atoms with Gasteiger partial charge in [0.25, 0.3) is 0 Å². The summed E-state index contributed by atoms with van der Waals surface area (Å²) < 4.78 is 89.4. The van der Waals surface area contributed by atoms with Gasteiger partial charge in [-0.25, -0.2) is 9.48 Å². The van der Waals surface area contributed by atoms with Crippen LogP contribution in [0.25, 0.3) is 16.6 Å². The first-order valence-corrected chi connectivity index (χ1v) is 7.98. The molecule has 0 unspecified atom stereocenters. The quantitative estimate of drug-likeness (QED) is 0.459. The summed E-state index contributed by atoms with van der Waals surface area (Å²) in [4.78, 5) is 11.3. The summed E-state index contributed by atoms with van der Waals surface area (Å²) in [6.07, 6.45) is -9.99. The molecule has 0 radical (unpaired) electrons. The zero-order valence-corrected chi connectivity index (χ0v) is 14.6. The molecule has 29 heavy (non-hydrogen) atoms. The van der Waals surface area contributed by atoms with Crippen LogP contribution in [0.5, 0.6) is 5.88 Å². The van der Waals surface area contributed by atoms with Gasteiger partial charge in [-0.05, 0) is 30.3 Å². The van der Waals surface area contributed by atoms with Gasteiger partial charge in [-0.15, -0.1) is 5.10 Å². The van der Waals surface area contributed by atoms with Gasteiger partial charge >= 0.3 is 18.3 Å². The highest BCUT2D eigenvalue weighted by molar-refractivity contribution is 5.86. The molecule has 3 rings (SSSR count). The zero-order valence-electron chi connectivity index (χ0n) is 14.6. The summed E-state index contributed by atoms with van der Waals surface area (Å²) in [7, 11) is 1.13. The third-order valence-corrected chi connectivity index (χ3v) is 3.92. The number of rotatable bonds is 4. The first-order chi connectivity index (χ1) is 13.5. The molecule has 0 spiro atoms. The lowest BCUT2D eigenvalue weighted by atomic mass is 10.1. The van der Waals surface area contributed by atoms with Gasteiger partial charge in [-0.2, -0.15) is 26.3 Å². The third kappa shape index (κ3) is 4.28. The number of halogens is 6.